The van der Waals surface area contributed by atoms with Crippen molar-refractivity contribution in [3.63, 3.8) is 0 Å². The average molecular weight is 264 g/mol. The number of carbonyl (C=O) groups is 1. The molecule has 1 heterocycles. The molecule has 2 saturated carbocycles. The second kappa shape index (κ2) is 3.93. The van der Waals surface area contributed by atoms with Crippen LogP contribution in [0.2, 0.25) is 0 Å². The number of aliphatic hydroxyl groups excluding tert-OH is 2. The second-order valence-electron chi connectivity index (χ2n) is 6.51. The van der Waals surface area contributed by atoms with Crippen molar-refractivity contribution in [3.05, 3.63) is 24.3 Å². The topological polar surface area (TPSA) is 66.8 Å². The molecule has 4 heteroatoms. The van der Waals surface area contributed by atoms with Gasteiger partial charge >= 0.3 is 5.97 Å². The molecule has 3 aliphatic rings. The van der Waals surface area contributed by atoms with E-state index in [4.69, 9.17) is 4.74 Å². The van der Waals surface area contributed by atoms with Crippen molar-refractivity contribution in [2.75, 3.05) is 0 Å². The summed E-state index contributed by atoms with van der Waals surface area (Å²) in [6.07, 6.45) is 0.193. The van der Waals surface area contributed by atoms with Gasteiger partial charge in [0.1, 0.15) is 12.2 Å². The van der Waals surface area contributed by atoms with Crippen LogP contribution in [-0.2, 0) is 9.53 Å². The van der Waals surface area contributed by atoms with Crippen molar-refractivity contribution in [1.82, 2.24) is 0 Å². The Hall–Kier alpha value is -1.13. The van der Waals surface area contributed by atoms with Crippen LogP contribution < -0.4 is 0 Å². The highest BCUT2D eigenvalue weighted by Gasteiger charge is 2.55. The molecule has 19 heavy (non-hydrogen) atoms. The first kappa shape index (κ1) is 12.9. The lowest BCUT2D eigenvalue weighted by atomic mass is 9.54. The molecule has 3 fully saturated rings. The van der Waals surface area contributed by atoms with Crippen LogP contribution in [0, 0.1) is 17.3 Å². The largest absolute Gasteiger partial charge is 0.458 e. The lowest BCUT2D eigenvalue weighted by Gasteiger charge is -2.52. The van der Waals surface area contributed by atoms with Gasteiger partial charge in [-0.15, -0.1) is 0 Å². The maximum atomic E-state index is 11.6. The van der Waals surface area contributed by atoms with Gasteiger partial charge in [-0.05, 0) is 36.2 Å². The van der Waals surface area contributed by atoms with Crippen LogP contribution >= 0.6 is 0 Å². The van der Waals surface area contributed by atoms with Gasteiger partial charge in [-0.25, -0.2) is 4.79 Å². The van der Waals surface area contributed by atoms with E-state index in [9.17, 15) is 15.0 Å². The number of esters is 1. The van der Waals surface area contributed by atoms with Gasteiger partial charge in [-0.1, -0.05) is 20.1 Å². The Morgan fingerprint density at radius 2 is 2.00 bits per heavy atom. The van der Waals surface area contributed by atoms with Crippen LogP contribution in [0.1, 0.15) is 26.2 Å². The van der Waals surface area contributed by atoms with Crippen LogP contribution in [-0.4, -0.2) is 34.5 Å². The fourth-order valence-corrected chi connectivity index (χ4v) is 4.16. The monoisotopic (exact) mass is 264 g/mol. The quantitative estimate of drug-likeness (QED) is 0.392. The number of carbonyl (C=O) groups excluding carboxylic acids is 1. The first-order valence-electron chi connectivity index (χ1n) is 6.78. The molecule has 0 unspecified atom stereocenters. The van der Waals surface area contributed by atoms with E-state index in [-0.39, 0.29) is 29.3 Å². The van der Waals surface area contributed by atoms with Gasteiger partial charge in [-0.2, -0.15) is 0 Å². The maximum Gasteiger partial charge on any atom is 0.334 e. The van der Waals surface area contributed by atoms with E-state index in [1.807, 2.05) is 0 Å². The molecule has 1 saturated heterocycles. The van der Waals surface area contributed by atoms with E-state index < -0.39 is 12.2 Å². The minimum atomic E-state index is -0.860. The van der Waals surface area contributed by atoms with E-state index in [0.717, 1.165) is 6.42 Å². The molecule has 0 spiro atoms. The molecule has 0 aromatic carbocycles. The second-order valence-corrected chi connectivity index (χ2v) is 6.51. The number of rotatable bonds is 0. The molecule has 0 aromatic rings. The molecular weight excluding hydrogens is 244 g/mol. The maximum absolute atomic E-state index is 11.6. The van der Waals surface area contributed by atoms with Gasteiger partial charge in [0.25, 0.3) is 0 Å². The minimum Gasteiger partial charge on any atom is -0.458 e. The molecule has 6 atom stereocenters. The highest BCUT2D eigenvalue weighted by atomic mass is 16.6. The molecule has 0 radical (unpaired) electrons. The molecule has 4 nitrogen and oxygen atoms in total. The van der Waals surface area contributed by atoms with E-state index in [1.165, 1.54) is 0 Å². The number of ether oxygens (including phenoxy) is 1. The Morgan fingerprint density at radius 1 is 1.32 bits per heavy atom. The zero-order valence-corrected chi connectivity index (χ0v) is 11.1. The Morgan fingerprint density at radius 3 is 2.68 bits per heavy atom. The fourth-order valence-electron chi connectivity index (χ4n) is 4.16. The average Bonchev–Trinajstić information content (AvgIpc) is 2.59. The van der Waals surface area contributed by atoms with E-state index >= 15 is 0 Å². The lowest BCUT2D eigenvalue weighted by Crippen LogP contribution is -2.51. The normalized spacial score (nSPS) is 49.6. The molecule has 0 aromatic heterocycles. The van der Waals surface area contributed by atoms with Crippen molar-refractivity contribution >= 4 is 5.97 Å². The fraction of sp³-hybridized carbons (Fsp3) is 0.667. The Bertz CT molecular complexity index is 469. The molecule has 2 aliphatic carbocycles. The summed E-state index contributed by atoms with van der Waals surface area (Å²) in [7, 11) is 0. The molecule has 0 amide bonds. The molecule has 0 bridgehead atoms. The van der Waals surface area contributed by atoms with Crippen LogP contribution in [0.4, 0.5) is 0 Å². The predicted octanol–water partition coefficient (Wildman–Crippen LogP) is 1.18. The number of fused-ring (bicyclic) bond motifs is 2. The van der Waals surface area contributed by atoms with Crippen molar-refractivity contribution in [2.45, 2.75) is 44.5 Å². The summed E-state index contributed by atoms with van der Waals surface area (Å²) in [5.74, 6) is -0.160. The third kappa shape index (κ3) is 1.70. The highest BCUT2D eigenvalue weighted by molar-refractivity contribution is 5.90. The van der Waals surface area contributed by atoms with Crippen molar-refractivity contribution < 1.29 is 19.7 Å². The molecule has 1 aliphatic heterocycles. The first-order valence-corrected chi connectivity index (χ1v) is 6.78. The highest BCUT2D eigenvalue weighted by Crippen LogP contribution is 2.56. The standard InChI is InChI=1S/C15H20O4/c1-7-9-4-10-8(2)13(17)11(16)5-15(10,3)6-12(9)19-14(7)18/h9-13,16-17H,1-2,4-6H2,3H3/t9-,10+,11-,12-,13-,15+/m1/s1. The molecular formula is C15H20O4. The SMILES string of the molecule is C=C1C(=O)O[C@@H]2C[C@]3(C)C[C@@H](O)[C@H](O)C(=C)[C@@H]3C[C@H]12. The Kier molecular flexibility index (Phi) is 2.67. The summed E-state index contributed by atoms with van der Waals surface area (Å²) in [6, 6.07) is 0. The zero-order valence-electron chi connectivity index (χ0n) is 11.1. The van der Waals surface area contributed by atoms with Crippen LogP contribution in [0.25, 0.3) is 0 Å². The molecule has 2 N–H and O–H groups in total. The van der Waals surface area contributed by atoms with Crippen LogP contribution in [0.15, 0.2) is 24.3 Å². The summed E-state index contributed by atoms with van der Waals surface area (Å²) in [5, 5.41) is 19.9. The summed E-state index contributed by atoms with van der Waals surface area (Å²) in [4.78, 5) is 11.6. The third-order valence-corrected chi connectivity index (χ3v) is 5.28. The predicted molar refractivity (Wildman–Crippen MR) is 69.1 cm³/mol. The lowest BCUT2D eigenvalue weighted by molar-refractivity contribution is -0.144. The summed E-state index contributed by atoms with van der Waals surface area (Å²) in [6.45, 7) is 9.88. The minimum absolute atomic E-state index is 0.0322. The van der Waals surface area contributed by atoms with Crippen molar-refractivity contribution in [2.24, 2.45) is 17.3 Å². The third-order valence-electron chi connectivity index (χ3n) is 5.28. The van der Waals surface area contributed by atoms with Crippen LogP contribution in [0.5, 0.6) is 0 Å². The molecule has 3 rings (SSSR count). The van der Waals surface area contributed by atoms with Gasteiger partial charge in [0.05, 0.1) is 6.10 Å². The summed E-state index contributed by atoms with van der Waals surface area (Å²) < 4.78 is 5.38. The molecule has 104 valence electrons. The van der Waals surface area contributed by atoms with Gasteiger partial charge < -0.3 is 14.9 Å². The van der Waals surface area contributed by atoms with E-state index in [0.29, 0.717) is 24.0 Å². The van der Waals surface area contributed by atoms with E-state index in [2.05, 4.69) is 20.1 Å². The summed E-state index contributed by atoms with van der Waals surface area (Å²) >= 11 is 0. The number of aliphatic hydroxyl groups is 2. The Balaban J connectivity index is 1.93. The first-order chi connectivity index (χ1) is 8.83. The van der Waals surface area contributed by atoms with Gasteiger partial charge in [-0.3, -0.25) is 0 Å². The van der Waals surface area contributed by atoms with Crippen molar-refractivity contribution in [3.8, 4) is 0 Å². The van der Waals surface area contributed by atoms with Gasteiger partial charge in [0.15, 0.2) is 0 Å². The number of hydrogen-bond donors (Lipinski definition) is 2. The van der Waals surface area contributed by atoms with Gasteiger partial charge in [0, 0.05) is 11.5 Å². The van der Waals surface area contributed by atoms with Crippen LogP contribution in [0.3, 0.4) is 0 Å². The smallest absolute Gasteiger partial charge is 0.334 e. The number of hydrogen-bond acceptors (Lipinski definition) is 4. The van der Waals surface area contributed by atoms with Crippen molar-refractivity contribution in [1.29, 1.82) is 0 Å². The van der Waals surface area contributed by atoms with Gasteiger partial charge in [0.2, 0.25) is 0 Å². The zero-order chi connectivity index (χ0) is 13.9. The summed E-state index contributed by atoms with van der Waals surface area (Å²) in [5.41, 5.74) is 1.06. The Labute approximate surface area is 112 Å². The van der Waals surface area contributed by atoms with E-state index in [1.54, 1.807) is 0 Å².